The molecule has 0 N–H and O–H groups in total. The van der Waals surface area contributed by atoms with Crippen LogP contribution >= 0.6 is 0 Å². The Labute approximate surface area is 331 Å². The van der Waals surface area contributed by atoms with Gasteiger partial charge < -0.3 is 0 Å². The van der Waals surface area contributed by atoms with E-state index in [2.05, 4.69) is 0 Å². The Morgan fingerprint density at radius 3 is 0.422 bits per heavy atom. The molecule has 0 bridgehead atoms. The van der Waals surface area contributed by atoms with Crippen molar-refractivity contribution in [1.29, 1.82) is 0 Å². The van der Waals surface area contributed by atoms with Crippen LogP contribution in [0.3, 0.4) is 0 Å². The van der Waals surface area contributed by atoms with E-state index < -0.39 is 160 Å². The van der Waals surface area contributed by atoms with E-state index in [-0.39, 0.29) is 0 Å². The van der Waals surface area contributed by atoms with Gasteiger partial charge in [0.05, 0.1) is 0 Å². The van der Waals surface area contributed by atoms with Crippen LogP contribution in [0.4, 0.5) is 171 Å². The summed E-state index contributed by atoms with van der Waals surface area (Å²) in [5, 5.41) is 0. The van der Waals surface area contributed by atoms with Crippen LogP contribution < -0.4 is 0 Å². The molecule has 0 saturated heterocycles. The van der Waals surface area contributed by atoms with E-state index in [1.165, 1.54) is 0 Å². The summed E-state index contributed by atoms with van der Waals surface area (Å²) in [7, 11) is 0. The molecule has 0 aromatic rings. The Morgan fingerprint density at radius 1 is 0.172 bits per heavy atom. The van der Waals surface area contributed by atoms with Crippen LogP contribution in [0.1, 0.15) is 19.3 Å². The van der Waals surface area contributed by atoms with Gasteiger partial charge in [0.1, 0.15) is 0 Å². The molecule has 0 saturated carbocycles. The molecule has 0 aliphatic carbocycles. The van der Waals surface area contributed by atoms with Gasteiger partial charge >= 0.3 is 331 Å². The van der Waals surface area contributed by atoms with Crippen LogP contribution in [0.25, 0.3) is 0 Å². The minimum atomic E-state index is -8.80. The second kappa shape index (κ2) is 16.6. The molecule has 0 aromatic heterocycles. The Bertz CT molecular complexity index is 1400. The fourth-order valence-electron chi connectivity index (χ4n) is 4.25. The Kier molecular flexibility index (Phi) is 16.1. The van der Waals surface area contributed by atoms with Crippen molar-refractivity contribution in [3.8, 4) is 0 Å². The summed E-state index contributed by atoms with van der Waals surface area (Å²) >= 11 is -6.73. The molecule has 40 heteroatoms. The van der Waals surface area contributed by atoms with E-state index in [0.717, 1.165) is 0 Å². The van der Waals surface area contributed by atoms with Gasteiger partial charge in [-0.05, 0) is 0 Å². The summed E-state index contributed by atoms with van der Waals surface area (Å²) < 4.78 is 513. The van der Waals surface area contributed by atoms with Crippen molar-refractivity contribution in [2.75, 3.05) is 0 Å². The van der Waals surface area contributed by atoms with Gasteiger partial charge in [-0.25, -0.2) is 0 Å². The Balaban J connectivity index is 7.50. The summed E-state index contributed by atoms with van der Waals surface area (Å²) in [6, 6.07) is 0. The van der Waals surface area contributed by atoms with E-state index in [1.807, 2.05) is 0 Å². The number of hydrogen-bond acceptors (Lipinski definition) is 0. The van der Waals surface area contributed by atoms with E-state index in [4.69, 9.17) is 0 Å². The standard InChI is InChI=1S/3C8H4F13.Sn/c3*1-2-3(9,10)4(11,12)5(13,14)6(15,16)7(17,18)8(19,20)21;/h3*1-2H2;/q;;;+1. The zero-order valence-electron chi connectivity index (χ0n) is 28.5. The summed E-state index contributed by atoms with van der Waals surface area (Å²) in [6.07, 6.45) is -36.1. The van der Waals surface area contributed by atoms with Crippen molar-refractivity contribution < 1.29 is 171 Å². The predicted molar refractivity (Wildman–Crippen MR) is 126 cm³/mol. The van der Waals surface area contributed by atoms with E-state index in [0.29, 0.717) is 0 Å². The van der Waals surface area contributed by atoms with Gasteiger partial charge in [-0.15, -0.1) is 0 Å². The third-order valence-corrected chi connectivity index (χ3v) is 16.6. The molecule has 0 nitrogen and oxygen atoms in total. The molecule has 0 atom stereocenters. The van der Waals surface area contributed by atoms with Crippen molar-refractivity contribution in [3.63, 3.8) is 0 Å². The van der Waals surface area contributed by atoms with E-state index >= 15 is 0 Å². The molecule has 0 aliphatic rings. The molecule has 0 amide bonds. The molecule has 0 fully saturated rings. The predicted octanol–water partition coefficient (Wildman–Crippen LogP) is 14.9. The van der Waals surface area contributed by atoms with Crippen molar-refractivity contribution in [2.45, 2.75) is 140 Å². The average Bonchev–Trinajstić information content (AvgIpc) is 3.05. The van der Waals surface area contributed by atoms with Crippen LogP contribution in [0.2, 0.25) is 13.3 Å². The topological polar surface area (TPSA) is 0 Å². The monoisotopic (exact) mass is 1160 g/mol. The summed E-state index contributed by atoms with van der Waals surface area (Å²) in [6.45, 7) is 0. The van der Waals surface area contributed by atoms with Crippen LogP contribution in [-0.2, 0) is 0 Å². The normalized spacial score (nSPS) is 16.7. The second-order valence-electron chi connectivity index (χ2n) is 12.7. The van der Waals surface area contributed by atoms with E-state index in [9.17, 15) is 171 Å². The van der Waals surface area contributed by atoms with Gasteiger partial charge in [0.25, 0.3) is 0 Å². The summed E-state index contributed by atoms with van der Waals surface area (Å²) in [4.78, 5) is 0. The molecule has 0 unspecified atom stereocenters. The molecule has 0 aliphatic heterocycles. The average molecular weight is 1160 g/mol. The first-order valence-corrected chi connectivity index (χ1v) is 20.8. The zero-order chi connectivity index (χ0) is 52.8. The van der Waals surface area contributed by atoms with Gasteiger partial charge in [0.2, 0.25) is 0 Å². The van der Waals surface area contributed by atoms with E-state index in [1.54, 1.807) is 0 Å². The third kappa shape index (κ3) is 9.18. The van der Waals surface area contributed by atoms with Crippen LogP contribution in [0.15, 0.2) is 0 Å². The Morgan fingerprint density at radius 2 is 0.297 bits per heavy atom. The molecule has 0 spiro atoms. The molecule has 0 heterocycles. The zero-order valence-corrected chi connectivity index (χ0v) is 31.3. The maximum atomic E-state index is 14.3. The van der Waals surface area contributed by atoms with Crippen molar-refractivity contribution >= 4 is 19.8 Å². The van der Waals surface area contributed by atoms with Gasteiger partial charge in [0, 0.05) is 0 Å². The molecule has 0 rings (SSSR count). The van der Waals surface area contributed by atoms with Crippen molar-refractivity contribution in [2.24, 2.45) is 0 Å². The molecular formula is C24H12F39Sn+. The van der Waals surface area contributed by atoms with Crippen LogP contribution in [0.5, 0.6) is 0 Å². The summed E-state index contributed by atoms with van der Waals surface area (Å²) in [5.41, 5.74) is 0. The summed E-state index contributed by atoms with van der Waals surface area (Å²) in [5.74, 6) is -126. The van der Waals surface area contributed by atoms with Crippen molar-refractivity contribution in [3.05, 3.63) is 0 Å². The SMILES string of the molecule is FC(F)(F)C(F)(F)C(F)(F)C(F)(F)C(F)(F)C(F)(F)C[CH2][Sn+]([CH2]CC(F)(F)C(F)(F)C(F)(F)C(F)(F)C(F)(F)C(F)(F)F)[CH2]CC(F)(F)C(F)(F)C(F)(F)C(F)(F)C(F)(F)C(F)(F)F. The van der Waals surface area contributed by atoms with Gasteiger partial charge in [-0.2, -0.15) is 0 Å². The van der Waals surface area contributed by atoms with Crippen LogP contribution in [0, 0.1) is 0 Å². The fraction of sp³-hybridized carbons (Fsp3) is 1.00. The number of halogens is 39. The first kappa shape index (κ1) is 62.1. The second-order valence-corrected chi connectivity index (χ2v) is 21.3. The minimum absolute atomic E-state index is 3.09. The van der Waals surface area contributed by atoms with Gasteiger partial charge in [0.15, 0.2) is 0 Å². The first-order chi connectivity index (χ1) is 27.0. The fourth-order valence-corrected chi connectivity index (χ4v) is 12.1. The van der Waals surface area contributed by atoms with Crippen LogP contribution in [-0.4, -0.2) is 127 Å². The molecular weight excluding hydrogens is 1150 g/mol. The third-order valence-electron chi connectivity index (χ3n) is 8.37. The number of alkyl halides is 39. The first-order valence-electron chi connectivity index (χ1n) is 14.7. The van der Waals surface area contributed by atoms with Crippen molar-refractivity contribution in [1.82, 2.24) is 0 Å². The van der Waals surface area contributed by atoms with Gasteiger partial charge in [-0.1, -0.05) is 0 Å². The molecule has 384 valence electrons. The number of rotatable bonds is 21. The molecule has 0 aromatic carbocycles. The Hall–Kier alpha value is -1.93. The van der Waals surface area contributed by atoms with Gasteiger partial charge in [-0.3, -0.25) is 0 Å². The quantitative estimate of drug-likeness (QED) is 0.0794. The molecule has 64 heavy (non-hydrogen) atoms. The molecule has 0 radical (unpaired) electrons. The maximum absolute atomic E-state index is 14.3. The number of hydrogen-bond donors (Lipinski definition) is 0.